The molecule has 0 fully saturated rings. The Kier molecular flexibility index (Phi) is 3.14. The number of benzene rings is 1. The average Bonchev–Trinajstić information content (AvgIpc) is 2.71. The van der Waals surface area contributed by atoms with Gasteiger partial charge in [0.1, 0.15) is 5.69 Å². The van der Waals surface area contributed by atoms with Crippen LogP contribution in [-0.4, -0.2) is 21.4 Å². The van der Waals surface area contributed by atoms with Gasteiger partial charge < -0.3 is 5.32 Å². The molecule has 1 aromatic heterocycles. The molecule has 4 nitrogen and oxygen atoms in total. The van der Waals surface area contributed by atoms with Gasteiger partial charge in [0.05, 0.1) is 15.4 Å². The Bertz CT molecular complexity index is 668. The number of rotatable bonds is 1. The van der Waals surface area contributed by atoms with E-state index >= 15 is 0 Å². The molecule has 1 aromatic carbocycles. The molecule has 2 aromatic rings. The van der Waals surface area contributed by atoms with E-state index < -0.39 is 0 Å². The van der Waals surface area contributed by atoms with Gasteiger partial charge in [0.15, 0.2) is 0 Å². The molecule has 1 aliphatic heterocycles. The van der Waals surface area contributed by atoms with E-state index in [-0.39, 0.29) is 11.2 Å². The number of amides is 1. The second-order valence-electron chi connectivity index (χ2n) is 4.47. The molecule has 1 unspecified atom stereocenters. The predicted molar refractivity (Wildman–Crippen MR) is 80.4 cm³/mol. The lowest BCUT2D eigenvalue weighted by Gasteiger charge is -2.21. The fourth-order valence-corrected chi connectivity index (χ4v) is 3.30. The molecule has 1 amide bonds. The quantitative estimate of drug-likeness (QED) is 0.836. The Balaban J connectivity index is 2.05. The third kappa shape index (κ3) is 2.19. The van der Waals surface area contributed by atoms with Crippen LogP contribution < -0.4 is 5.32 Å². The van der Waals surface area contributed by atoms with Crippen molar-refractivity contribution in [2.24, 2.45) is 0 Å². The zero-order valence-corrected chi connectivity index (χ0v) is 12.9. The van der Waals surface area contributed by atoms with Gasteiger partial charge in [-0.05, 0) is 41.9 Å². The third-order valence-electron chi connectivity index (χ3n) is 3.06. The van der Waals surface area contributed by atoms with Crippen molar-refractivity contribution in [3.05, 3.63) is 28.4 Å². The molecule has 0 radical (unpaired) electrons. The van der Waals surface area contributed by atoms with E-state index in [0.717, 1.165) is 32.0 Å². The lowest BCUT2D eigenvalue weighted by molar-refractivity contribution is -0.115. The summed E-state index contributed by atoms with van der Waals surface area (Å²) >= 11 is 5.10. The molecule has 19 heavy (non-hydrogen) atoms. The highest BCUT2D eigenvalue weighted by molar-refractivity contribution is 9.10. The fraction of sp³-hybridized carbons (Fsp3) is 0.231. The second kappa shape index (κ2) is 4.68. The first-order valence-corrected chi connectivity index (χ1v) is 7.56. The Morgan fingerprint density at radius 1 is 1.42 bits per heavy atom. The van der Waals surface area contributed by atoms with Crippen LogP contribution in [0.2, 0.25) is 0 Å². The van der Waals surface area contributed by atoms with E-state index in [9.17, 15) is 4.79 Å². The van der Waals surface area contributed by atoms with E-state index in [2.05, 4.69) is 31.4 Å². The van der Waals surface area contributed by atoms with Gasteiger partial charge in [-0.2, -0.15) is 5.10 Å². The average molecular weight is 338 g/mol. The molecule has 0 bridgehead atoms. The highest BCUT2D eigenvalue weighted by Crippen LogP contribution is 2.39. The summed E-state index contributed by atoms with van der Waals surface area (Å²) in [6, 6.07) is 6.02. The topological polar surface area (TPSA) is 57.8 Å². The van der Waals surface area contributed by atoms with Crippen LogP contribution in [0.3, 0.4) is 0 Å². The Hall–Kier alpha value is -1.27. The number of aromatic nitrogens is 2. The minimum absolute atomic E-state index is 0.0438. The monoisotopic (exact) mass is 337 g/mol. The van der Waals surface area contributed by atoms with Crippen LogP contribution in [0.5, 0.6) is 0 Å². The summed E-state index contributed by atoms with van der Waals surface area (Å²) in [5.41, 5.74) is 3.68. The zero-order chi connectivity index (χ0) is 13.6. The maximum atomic E-state index is 11.7. The van der Waals surface area contributed by atoms with Crippen molar-refractivity contribution in [1.29, 1.82) is 0 Å². The largest absolute Gasteiger partial charge is 0.324 e. The molecule has 0 aliphatic carbocycles. The normalized spacial score (nSPS) is 18.1. The van der Waals surface area contributed by atoms with Gasteiger partial charge in [0.25, 0.3) is 0 Å². The lowest BCUT2D eigenvalue weighted by Crippen LogP contribution is -2.26. The van der Waals surface area contributed by atoms with Gasteiger partial charge in [0.2, 0.25) is 5.91 Å². The number of halogens is 1. The molecule has 0 saturated heterocycles. The van der Waals surface area contributed by atoms with Crippen molar-refractivity contribution in [1.82, 2.24) is 10.2 Å². The van der Waals surface area contributed by atoms with Gasteiger partial charge in [-0.15, -0.1) is 11.8 Å². The summed E-state index contributed by atoms with van der Waals surface area (Å²) in [7, 11) is 0. The van der Waals surface area contributed by atoms with E-state index in [4.69, 9.17) is 0 Å². The number of aromatic amines is 1. The Labute approximate surface area is 123 Å². The lowest BCUT2D eigenvalue weighted by atomic mass is 10.1. The van der Waals surface area contributed by atoms with Gasteiger partial charge in [-0.25, -0.2) is 0 Å². The van der Waals surface area contributed by atoms with Crippen LogP contribution in [0, 0.1) is 6.92 Å². The van der Waals surface area contributed by atoms with Crippen LogP contribution in [0.1, 0.15) is 12.6 Å². The van der Waals surface area contributed by atoms with E-state index in [0.29, 0.717) is 0 Å². The smallest absolute Gasteiger partial charge is 0.237 e. The van der Waals surface area contributed by atoms with Crippen molar-refractivity contribution in [3.63, 3.8) is 0 Å². The highest BCUT2D eigenvalue weighted by atomic mass is 79.9. The minimum atomic E-state index is -0.0438. The molecule has 3 rings (SSSR count). The number of carbonyl (C=O) groups is 1. The Morgan fingerprint density at radius 3 is 2.89 bits per heavy atom. The number of hydrogen-bond acceptors (Lipinski definition) is 3. The van der Waals surface area contributed by atoms with Crippen molar-refractivity contribution in [2.75, 3.05) is 5.32 Å². The van der Waals surface area contributed by atoms with Gasteiger partial charge >= 0.3 is 0 Å². The summed E-state index contributed by atoms with van der Waals surface area (Å²) in [6.45, 7) is 3.86. The highest BCUT2D eigenvalue weighted by Gasteiger charge is 2.23. The number of carbonyl (C=O) groups excluding carboxylic acids is 1. The summed E-state index contributed by atoms with van der Waals surface area (Å²) < 4.78 is 0.954. The number of hydrogen-bond donors (Lipinski definition) is 2. The number of H-pyrrole nitrogens is 1. The van der Waals surface area contributed by atoms with Crippen LogP contribution in [-0.2, 0) is 4.79 Å². The minimum Gasteiger partial charge on any atom is -0.324 e. The van der Waals surface area contributed by atoms with Crippen LogP contribution in [0.25, 0.3) is 11.3 Å². The maximum absolute atomic E-state index is 11.7. The molecule has 1 atom stereocenters. The molecule has 1 aliphatic rings. The van der Waals surface area contributed by atoms with Crippen LogP contribution in [0.4, 0.5) is 5.69 Å². The van der Waals surface area contributed by atoms with Crippen molar-refractivity contribution < 1.29 is 4.79 Å². The van der Waals surface area contributed by atoms with Crippen LogP contribution in [0.15, 0.2) is 27.6 Å². The first-order valence-electron chi connectivity index (χ1n) is 5.88. The molecular formula is C13H12BrN3OS. The molecule has 2 N–H and O–H groups in total. The number of nitrogens with one attached hydrogen (secondary N) is 2. The number of fused-ring (bicyclic) bond motifs is 1. The van der Waals surface area contributed by atoms with Crippen LogP contribution >= 0.6 is 27.7 Å². The molecule has 0 saturated carbocycles. The SMILES string of the molecule is Cc1[nH]nc(-c2ccc3c(c2)NC(=O)C(C)S3)c1Br. The molecule has 6 heteroatoms. The van der Waals surface area contributed by atoms with Gasteiger partial charge in [-0.3, -0.25) is 9.89 Å². The molecule has 0 spiro atoms. The predicted octanol–water partition coefficient (Wildman–Crippen LogP) is 3.58. The van der Waals surface area contributed by atoms with E-state index in [1.54, 1.807) is 11.8 Å². The maximum Gasteiger partial charge on any atom is 0.237 e. The Morgan fingerprint density at radius 2 is 2.21 bits per heavy atom. The zero-order valence-electron chi connectivity index (χ0n) is 10.5. The molecule has 98 valence electrons. The van der Waals surface area contributed by atoms with Gasteiger partial charge in [-0.1, -0.05) is 6.07 Å². The third-order valence-corrected chi connectivity index (χ3v) is 5.20. The van der Waals surface area contributed by atoms with Crippen molar-refractivity contribution in [3.8, 4) is 11.3 Å². The first-order chi connectivity index (χ1) is 9.06. The van der Waals surface area contributed by atoms with Crippen molar-refractivity contribution in [2.45, 2.75) is 24.0 Å². The van der Waals surface area contributed by atoms with E-state index in [1.165, 1.54) is 0 Å². The standard InChI is InChI=1S/C13H12BrN3OS/c1-6-11(14)12(17-16-6)8-3-4-10-9(5-8)15-13(18)7(2)19-10/h3-5,7H,1-2H3,(H,15,18)(H,16,17). The number of aryl methyl sites for hydroxylation is 1. The summed E-state index contributed by atoms with van der Waals surface area (Å²) in [4.78, 5) is 12.8. The number of anilines is 1. The van der Waals surface area contributed by atoms with Gasteiger partial charge in [0, 0.05) is 16.2 Å². The van der Waals surface area contributed by atoms with Crippen molar-refractivity contribution >= 4 is 39.3 Å². The number of thioether (sulfide) groups is 1. The molecular weight excluding hydrogens is 326 g/mol. The number of nitrogens with zero attached hydrogens (tertiary/aromatic N) is 1. The first kappa shape index (κ1) is 12.7. The summed E-state index contributed by atoms with van der Waals surface area (Å²) in [5, 5.41) is 10.1. The second-order valence-corrected chi connectivity index (χ2v) is 6.65. The fourth-order valence-electron chi connectivity index (χ4n) is 1.96. The summed E-state index contributed by atoms with van der Waals surface area (Å²) in [6.07, 6.45) is 0. The van der Waals surface area contributed by atoms with E-state index in [1.807, 2.05) is 32.0 Å². The molecule has 2 heterocycles. The summed E-state index contributed by atoms with van der Waals surface area (Å²) in [5.74, 6) is 0.0481.